The number of halogens is 5. The summed E-state index contributed by atoms with van der Waals surface area (Å²) in [6.07, 6.45) is -1.58. The van der Waals surface area contributed by atoms with E-state index in [1.807, 2.05) is 0 Å². The maximum atomic E-state index is 13.3. The molecule has 0 aromatic heterocycles. The summed E-state index contributed by atoms with van der Waals surface area (Å²) in [5.41, 5.74) is 6.79. The Labute approximate surface area is 178 Å². The molecule has 0 aliphatic heterocycles. The van der Waals surface area contributed by atoms with E-state index in [1.165, 1.54) is 6.07 Å². The fourth-order valence-electron chi connectivity index (χ4n) is 3.29. The highest BCUT2D eigenvalue weighted by atomic mass is 19.4. The van der Waals surface area contributed by atoms with Gasteiger partial charge in [0.25, 0.3) is 0 Å². The van der Waals surface area contributed by atoms with E-state index in [0.717, 1.165) is 48.7 Å². The van der Waals surface area contributed by atoms with E-state index >= 15 is 0 Å². The lowest BCUT2D eigenvalue weighted by molar-refractivity contribution is -0.137. The molecule has 0 saturated heterocycles. The molecule has 170 valence electrons. The molecule has 2 atom stereocenters. The lowest BCUT2D eigenvalue weighted by atomic mass is 9.98. The average molecular weight is 442 g/mol. The number of aliphatic hydroxyl groups excluding tert-OH is 1. The van der Waals surface area contributed by atoms with E-state index in [4.69, 9.17) is 5.73 Å². The van der Waals surface area contributed by atoms with E-state index in [1.54, 1.807) is 6.08 Å². The van der Waals surface area contributed by atoms with Crippen molar-refractivity contribution in [2.45, 2.75) is 50.6 Å². The number of allylic oxidation sites excluding steroid dienone is 1. The molecule has 2 aromatic carbocycles. The number of aryl methyl sites for hydroxylation is 1. The van der Waals surface area contributed by atoms with Crippen LogP contribution in [-0.4, -0.2) is 23.8 Å². The minimum absolute atomic E-state index is 0.0152. The highest BCUT2D eigenvalue weighted by molar-refractivity contribution is 5.34. The van der Waals surface area contributed by atoms with Crippen molar-refractivity contribution < 1.29 is 27.1 Å². The van der Waals surface area contributed by atoms with Gasteiger partial charge in [0.15, 0.2) is 0 Å². The number of rotatable bonds is 11. The van der Waals surface area contributed by atoms with Crippen LogP contribution in [0, 0.1) is 11.6 Å². The SMILES string of the molecule is C=CCCCc1ccc(C(F)(F)F)cc1CNC[C@@H](O)[C@@H](N)Cc1cc(F)cc(F)c1. The number of aliphatic hydroxyl groups is 1. The second-order valence-corrected chi connectivity index (χ2v) is 7.51. The second-order valence-electron chi connectivity index (χ2n) is 7.51. The van der Waals surface area contributed by atoms with Gasteiger partial charge in [-0.05, 0) is 66.6 Å². The van der Waals surface area contributed by atoms with Gasteiger partial charge in [0, 0.05) is 25.2 Å². The van der Waals surface area contributed by atoms with Crippen molar-refractivity contribution in [2.24, 2.45) is 5.73 Å². The third kappa shape index (κ3) is 8.05. The topological polar surface area (TPSA) is 58.3 Å². The number of nitrogens with two attached hydrogens (primary N) is 1. The van der Waals surface area contributed by atoms with E-state index in [2.05, 4.69) is 11.9 Å². The van der Waals surface area contributed by atoms with Crippen molar-refractivity contribution in [1.82, 2.24) is 5.32 Å². The summed E-state index contributed by atoms with van der Waals surface area (Å²) < 4.78 is 65.8. The summed E-state index contributed by atoms with van der Waals surface area (Å²) in [5.74, 6) is -1.47. The van der Waals surface area contributed by atoms with Crippen LogP contribution in [0.2, 0.25) is 0 Å². The summed E-state index contributed by atoms with van der Waals surface area (Å²) in [6, 6.07) is 5.87. The van der Waals surface area contributed by atoms with Crippen molar-refractivity contribution in [3.05, 3.63) is 82.9 Å². The summed E-state index contributed by atoms with van der Waals surface area (Å²) in [7, 11) is 0. The molecule has 0 aliphatic carbocycles. The number of nitrogens with one attached hydrogen (secondary N) is 1. The first-order chi connectivity index (χ1) is 14.6. The Bertz CT molecular complexity index is 849. The maximum Gasteiger partial charge on any atom is 0.416 e. The molecule has 31 heavy (non-hydrogen) atoms. The number of alkyl halides is 3. The zero-order valence-electron chi connectivity index (χ0n) is 17.1. The minimum Gasteiger partial charge on any atom is -0.390 e. The second kappa shape index (κ2) is 11.4. The predicted molar refractivity (Wildman–Crippen MR) is 110 cm³/mol. The number of unbranched alkanes of at least 4 members (excludes halogenated alkanes) is 1. The Morgan fingerprint density at radius 1 is 1.06 bits per heavy atom. The van der Waals surface area contributed by atoms with Crippen LogP contribution in [0.25, 0.3) is 0 Å². The van der Waals surface area contributed by atoms with Gasteiger partial charge < -0.3 is 16.2 Å². The van der Waals surface area contributed by atoms with Crippen LogP contribution in [0.15, 0.2) is 49.1 Å². The quantitative estimate of drug-likeness (QED) is 0.273. The van der Waals surface area contributed by atoms with Gasteiger partial charge in [-0.25, -0.2) is 8.78 Å². The fourth-order valence-corrected chi connectivity index (χ4v) is 3.29. The molecule has 0 aliphatic rings. The van der Waals surface area contributed by atoms with Gasteiger partial charge in [0.2, 0.25) is 0 Å². The molecule has 3 nitrogen and oxygen atoms in total. The zero-order valence-corrected chi connectivity index (χ0v) is 17.1. The number of hydrogen-bond acceptors (Lipinski definition) is 3. The molecular formula is C23H27F5N2O. The van der Waals surface area contributed by atoms with Crippen LogP contribution in [0.3, 0.4) is 0 Å². The van der Waals surface area contributed by atoms with Crippen LogP contribution >= 0.6 is 0 Å². The van der Waals surface area contributed by atoms with Crippen LogP contribution < -0.4 is 11.1 Å². The Kier molecular flexibility index (Phi) is 9.15. The number of benzene rings is 2. The summed E-state index contributed by atoms with van der Waals surface area (Å²) >= 11 is 0. The van der Waals surface area contributed by atoms with Crippen molar-refractivity contribution in [3.63, 3.8) is 0 Å². The van der Waals surface area contributed by atoms with E-state index in [0.29, 0.717) is 17.5 Å². The molecule has 4 N–H and O–H groups in total. The van der Waals surface area contributed by atoms with Gasteiger partial charge in [0.05, 0.1) is 11.7 Å². The lowest BCUT2D eigenvalue weighted by Gasteiger charge is -2.20. The first-order valence-corrected chi connectivity index (χ1v) is 9.99. The molecule has 0 heterocycles. The van der Waals surface area contributed by atoms with E-state index in [9.17, 15) is 27.1 Å². The first-order valence-electron chi connectivity index (χ1n) is 9.99. The third-order valence-electron chi connectivity index (χ3n) is 4.94. The van der Waals surface area contributed by atoms with Gasteiger partial charge in [-0.2, -0.15) is 13.2 Å². The Balaban J connectivity index is 1.99. The lowest BCUT2D eigenvalue weighted by Crippen LogP contribution is -2.43. The third-order valence-corrected chi connectivity index (χ3v) is 4.94. The Morgan fingerprint density at radius 3 is 2.35 bits per heavy atom. The summed E-state index contributed by atoms with van der Waals surface area (Å²) in [5, 5.41) is 13.2. The molecule has 0 unspecified atom stereocenters. The molecule has 8 heteroatoms. The number of hydrogen-bond donors (Lipinski definition) is 3. The molecule has 0 radical (unpaired) electrons. The highest BCUT2D eigenvalue weighted by Gasteiger charge is 2.30. The maximum absolute atomic E-state index is 13.3. The van der Waals surface area contributed by atoms with Crippen molar-refractivity contribution >= 4 is 0 Å². The summed E-state index contributed by atoms with van der Waals surface area (Å²) in [4.78, 5) is 0. The van der Waals surface area contributed by atoms with E-state index < -0.39 is 35.5 Å². The molecule has 0 fully saturated rings. The molecule has 2 rings (SSSR count). The fraction of sp³-hybridized carbons (Fsp3) is 0.391. The summed E-state index contributed by atoms with van der Waals surface area (Å²) in [6.45, 7) is 3.78. The zero-order chi connectivity index (χ0) is 23.0. The highest BCUT2D eigenvalue weighted by Crippen LogP contribution is 2.31. The van der Waals surface area contributed by atoms with Gasteiger partial charge in [-0.1, -0.05) is 12.1 Å². The average Bonchev–Trinajstić information content (AvgIpc) is 2.67. The Morgan fingerprint density at radius 2 is 1.74 bits per heavy atom. The van der Waals surface area contributed by atoms with Crippen LogP contribution in [-0.2, 0) is 25.6 Å². The molecule has 0 saturated carbocycles. The van der Waals surface area contributed by atoms with Crippen LogP contribution in [0.1, 0.15) is 35.1 Å². The first kappa shape index (κ1) is 25.0. The van der Waals surface area contributed by atoms with E-state index in [-0.39, 0.29) is 19.5 Å². The van der Waals surface area contributed by atoms with Gasteiger partial charge in [0.1, 0.15) is 11.6 Å². The van der Waals surface area contributed by atoms with Crippen LogP contribution in [0.4, 0.5) is 22.0 Å². The van der Waals surface area contributed by atoms with Crippen molar-refractivity contribution in [2.75, 3.05) is 6.54 Å². The Hall–Kier alpha value is -2.29. The normalized spacial score (nSPS) is 13.8. The van der Waals surface area contributed by atoms with Gasteiger partial charge in [-0.3, -0.25) is 0 Å². The van der Waals surface area contributed by atoms with Crippen LogP contribution in [0.5, 0.6) is 0 Å². The van der Waals surface area contributed by atoms with Crippen molar-refractivity contribution in [1.29, 1.82) is 0 Å². The molecule has 0 bridgehead atoms. The standard InChI is InChI=1S/C23H27F5N2O/c1-2-3-4-5-16-6-7-18(23(26,27)28)11-17(16)13-30-14-22(31)21(29)10-15-8-19(24)12-20(25)9-15/h2,6-9,11-12,21-22,30-31H,1,3-5,10,13-14,29H2/t21-,22+/m0/s1. The molecule has 2 aromatic rings. The van der Waals surface area contributed by atoms with Gasteiger partial charge >= 0.3 is 6.18 Å². The monoisotopic (exact) mass is 442 g/mol. The van der Waals surface area contributed by atoms with Crippen molar-refractivity contribution in [3.8, 4) is 0 Å². The van der Waals surface area contributed by atoms with Gasteiger partial charge in [-0.15, -0.1) is 6.58 Å². The minimum atomic E-state index is -4.45. The molecular weight excluding hydrogens is 415 g/mol. The predicted octanol–water partition coefficient (Wildman–Crippen LogP) is 4.51. The smallest absolute Gasteiger partial charge is 0.390 e. The molecule has 0 spiro atoms. The largest absolute Gasteiger partial charge is 0.416 e. The molecule has 0 amide bonds.